The van der Waals surface area contributed by atoms with Gasteiger partial charge < -0.3 is 10.4 Å². The highest BCUT2D eigenvalue weighted by Gasteiger charge is 2.37. The molecule has 0 radical (unpaired) electrons. The van der Waals surface area contributed by atoms with Crippen LogP contribution in [0.1, 0.15) is 28.8 Å². The Morgan fingerprint density at radius 2 is 2.04 bits per heavy atom. The summed E-state index contributed by atoms with van der Waals surface area (Å²) in [5, 5.41) is 11.7. The van der Waals surface area contributed by atoms with Crippen molar-refractivity contribution < 1.29 is 23.1 Å². The highest BCUT2D eigenvalue weighted by Crippen LogP contribution is 2.33. The summed E-state index contributed by atoms with van der Waals surface area (Å²) in [4.78, 5) is 23.5. The Balaban J connectivity index is 1.80. The van der Waals surface area contributed by atoms with Crippen molar-refractivity contribution in [2.24, 2.45) is 5.92 Å². The van der Waals surface area contributed by atoms with E-state index < -0.39 is 27.9 Å². The van der Waals surface area contributed by atoms with E-state index in [1.54, 1.807) is 12.1 Å². The minimum Gasteiger partial charge on any atom is -0.480 e. The predicted molar refractivity (Wildman–Crippen MR) is 83.9 cm³/mol. The number of carbonyl (C=O) groups is 2. The van der Waals surface area contributed by atoms with E-state index in [9.17, 15) is 23.1 Å². The molecular formula is C15H18N2O5S. The lowest BCUT2D eigenvalue weighted by atomic mass is 10.1. The molecule has 0 aromatic heterocycles. The molecule has 2 N–H and O–H groups in total. The molecule has 2 aliphatic rings. The van der Waals surface area contributed by atoms with Crippen molar-refractivity contribution >= 4 is 27.6 Å². The number of fused-ring (bicyclic) bond motifs is 1. The largest absolute Gasteiger partial charge is 0.480 e. The van der Waals surface area contributed by atoms with E-state index in [0.29, 0.717) is 24.2 Å². The molecule has 1 aromatic rings. The van der Waals surface area contributed by atoms with Crippen LogP contribution < -0.4 is 9.62 Å². The van der Waals surface area contributed by atoms with Gasteiger partial charge in [-0.05, 0) is 48.9 Å². The number of benzene rings is 1. The summed E-state index contributed by atoms with van der Waals surface area (Å²) >= 11 is 0. The third-order valence-corrected chi connectivity index (χ3v) is 5.42. The van der Waals surface area contributed by atoms with E-state index in [1.165, 1.54) is 10.4 Å². The predicted octanol–water partition coefficient (Wildman–Crippen LogP) is 0.602. The number of nitrogens with one attached hydrogen (secondary N) is 1. The van der Waals surface area contributed by atoms with Crippen molar-refractivity contribution in [3.63, 3.8) is 0 Å². The number of rotatable bonds is 5. The second kappa shape index (κ2) is 5.52. The van der Waals surface area contributed by atoms with Crippen LogP contribution in [0, 0.1) is 5.92 Å². The van der Waals surface area contributed by atoms with Gasteiger partial charge in [0.2, 0.25) is 10.0 Å². The van der Waals surface area contributed by atoms with Crippen LogP contribution in [0.25, 0.3) is 0 Å². The second-order valence-electron chi connectivity index (χ2n) is 6.06. The summed E-state index contributed by atoms with van der Waals surface area (Å²) in [6.07, 6.45) is 3.31. The molecule has 1 aliphatic carbocycles. The van der Waals surface area contributed by atoms with E-state index >= 15 is 0 Å². The average Bonchev–Trinajstić information content (AvgIpc) is 3.20. The van der Waals surface area contributed by atoms with E-state index in [1.807, 2.05) is 0 Å². The third-order valence-electron chi connectivity index (χ3n) is 4.24. The van der Waals surface area contributed by atoms with Crippen molar-refractivity contribution in [2.75, 3.05) is 17.1 Å². The maximum absolute atomic E-state index is 12.3. The number of carboxylic acids is 1. The summed E-state index contributed by atoms with van der Waals surface area (Å²) < 4.78 is 24.7. The van der Waals surface area contributed by atoms with Gasteiger partial charge in [-0.3, -0.25) is 9.10 Å². The first-order chi connectivity index (χ1) is 10.8. The number of anilines is 1. The molecular weight excluding hydrogens is 320 g/mol. The number of hydrogen-bond donors (Lipinski definition) is 2. The van der Waals surface area contributed by atoms with Gasteiger partial charge in [-0.1, -0.05) is 0 Å². The van der Waals surface area contributed by atoms with Gasteiger partial charge in [0.1, 0.15) is 6.04 Å². The molecule has 7 nitrogen and oxygen atoms in total. The number of nitrogens with zero attached hydrogens (tertiary/aromatic N) is 1. The minimum absolute atomic E-state index is 0.00611. The number of hydrogen-bond acceptors (Lipinski definition) is 4. The normalized spacial score (nSPS) is 18.4. The number of carbonyl (C=O) groups excluding carboxylic acids is 1. The SMILES string of the molecule is CS(=O)(=O)N1CCc2cc(C(=O)NC(C(=O)O)C3CC3)ccc21. The Morgan fingerprint density at radius 3 is 2.61 bits per heavy atom. The molecule has 1 aliphatic heterocycles. The minimum atomic E-state index is -3.33. The van der Waals surface area contributed by atoms with Crippen molar-refractivity contribution in [3.05, 3.63) is 29.3 Å². The number of sulfonamides is 1. The van der Waals surface area contributed by atoms with Crippen LogP contribution in [0.4, 0.5) is 5.69 Å². The van der Waals surface area contributed by atoms with Gasteiger partial charge in [-0.25, -0.2) is 13.2 Å². The zero-order valence-electron chi connectivity index (χ0n) is 12.7. The fourth-order valence-corrected chi connectivity index (χ4v) is 3.85. The molecule has 124 valence electrons. The van der Waals surface area contributed by atoms with E-state index in [2.05, 4.69) is 5.32 Å². The van der Waals surface area contributed by atoms with Gasteiger partial charge in [-0.2, -0.15) is 0 Å². The van der Waals surface area contributed by atoms with Crippen molar-refractivity contribution in [2.45, 2.75) is 25.3 Å². The van der Waals surface area contributed by atoms with Gasteiger partial charge in [0.15, 0.2) is 0 Å². The monoisotopic (exact) mass is 338 g/mol. The summed E-state index contributed by atoms with van der Waals surface area (Å²) in [5.74, 6) is -1.46. The van der Waals surface area contributed by atoms with E-state index in [0.717, 1.165) is 24.7 Å². The van der Waals surface area contributed by atoms with Crippen LogP contribution in [-0.2, 0) is 21.2 Å². The number of amides is 1. The van der Waals surface area contributed by atoms with Crippen LogP contribution in [0.2, 0.25) is 0 Å². The molecule has 0 saturated heterocycles. The summed E-state index contributed by atoms with van der Waals surface area (Å²) in [7, 11) is -3.33. The Labute approximate surface area is 134 Å². The van der Waals surface area contributed by atoms with Crippen LogP contribution >= 0.6 is 0 Å². The van der Waals surface area contributed by atoms with Gasteiger partial charge in [0.25, 0.3) is 5.91 Å². The molecule has 1 atom stereocenters. The zero-order chi connectivity index (χ0) is 16.8. The average molecular weight is 338 g/mol. The molecule has 8 heteroatoms. The van der Waals surface area contributed by atoms with Crippen molar-refractivity contribution in [1.29, 1.82) is 0 Å². The lowest BCUT2D eigenvalue weighted by Crippen LogP contribution is -2.42. The highest BCUT2D eigenvalue weighted by atomic mass is 32.2. The first kappa shape index (κ1) is 15.8. The molecule has 1 aromatic carbocycles. The highest BCUT2D eigenvalue weighted by molar-refractivity contribution is 7.92. The Hall–Kier alpha value is -2.09. The molecule has 0 bridgehead atoms. The molecule has 1 fully saturated rings. The number of aliphatic carboxylic acids is 1. The quantitative estimate of drug-likeness (QED) is 0.818. The standard InChI is InChI=1S/C15H18N2O5S/c1-23(21,22)17-7-6-10-8-11(4-5-12(10)17)14(18)16-13(15(19)20)9-2-3-9/h4-5,8-9,13H,2-3,6-7H2,1H3,(H,16,18)(H,19,20). The Bertz CT molecular complexity index is 770. The molecule has 1 saturated carbocycles. The molecule has 1 heterocycles. The van der Waals surface area contributed by atoms with Gasteiger partial charge >= 0.3 is 5.97 Å². The van der Waals surface area contributed by atoms with E-state index in [4.69, 9.17) is 0 Å². The summed E-state index contributed by atoms with van der Waals surface area (Å²) in [6, 6.07) is 3.92. The zero-order valence-corrected chi connectivity index (χ0v) is 13.5. The summed E-state index contributed by atoms with van der Waals surface area (Å²) in [5.41, 5.74) is 1.72. The van der Waals surface area contributed by atoms with Gasteiger partial charge in [-0.15, -0.1) is 0 Å². The Morgan fingerprint density at radius 1 is 1.35 bits per heavy atom. The number of carboxylic acid groups (broad SMARTS) is 1. The maximum Gasteiger partial charge on any atom is 0.326 e. The van der Waals surface area contributed by atoms with Crippen LogP contribution in [0.15, 0.2) is 18.2 Å². The fraction of sp³-hybridized carbons (Fsp3) is 0.467. The maximum atomic E-state index is 12.3. The lowest BCUT2D eigenvalue weighted by Gasteiger charge is -2.17. The fourth-order valence-electron chi connectivity index (χ4n) is 2.89. The summed E-state index contributed by atoms with van der Waals surface area (Å²) in [6.45, 7) is 0.360. The first-order valence-corrected chi connectivity index (χ1v) is 9.26. The van der Waals surface area contributed by atoms with Gasteiger partial charge in [0.05, 0.1) is 11.9 Å². The molecule has 1 amide bonds. The van der Waals surface area contributed by atoms with Crippen LogP contribution in [-0.4, -0.2) is 44.2 Å². The topological polar surface area (TPSA) is 104 Å². The third kappa shape index (κ3) is 3.17. The van der Waals surface area contributed by atoms with E-state index in [-0.39, 0.29) is 5.92 Å². The molecule has 3 rings (SSSR count). The molecule has 23 heavy (non-hydrogen) atoms. The smallest absolute Gasteiger partial charge is 0.326 e. The van der Waals surface area contributed by atoms with Crippen LogP contribution in [0.3, 0.4) is 0 Å². The first-order valence-electron chi connectivity index (χ1n) is 7.41. The second-order valence-corrected chi connectivity index (χ2v) is 7.96. The van der Waals surface area contributed by atoms with Gasteiger partial charge in [0, 0.05) is 12.1 Å². The van der Waals surface area contributed by atoms with Crippen LogP contribution in [0.5, 0.6) is 0 Å². The Kier molecular flexibility index (Phi) is 3.79. The molecule has 1 unspecified atom stereocenters. The lowest BCUT2D eigenvalue weighted by molar-refractivity contribution is -0.139. The molecule has 0 spiro atoms. The van der Waals surface area contributed by atoms with Crippen molar-refractivity contribution in [1.82, 2.24) is 5.32 Å². The van der Waals surface area contributed by atoms with Crippen molar-refractivity contribution in [3.8, 4) is 0 Å².